The summed E-state index contributed by atoms with van der Waals surface area (Å²) in [5.41, 5.74) is 0. The van der Waals surface area contributed by atoms with E-state index in [-0.39, 0.29) is 0 Å². The molecule has 2 heterocycles. The molecule has 1 atom stereocenters. The topological polar surface area (TPSA) is 46.2 Å². The van der Waals surface area contributed by atoms with E-state index in [2.05, 4.69) is 5.32 Å². The minimum atomic E-state index is -2.70. The van der Waals surface area contributed by atoms with Crippen LogP contribution in [0, 0.1) is 0 Å². The summed E-state index contributed by atoms with van der Waals surface area (Å²) < 4.78 is 22.5. The number of thioether (sulfide) groups is 1. The second kappa shape index (κ2) is 5.06. The summed E-state index contributed by atoms with van der Waals surface area (Å²) >= 11 is 2.01. The van der Waals surface area contributed by atoms with Crippen LogP contribution in [0.3, 0.4) is 0 Å². The third-order valence-electron chi connectivity index (χ3n) is 3.19. The van der Waals surface area contributed by atoms with E-state index in [1.807, 2.05) is 11.8 Å². The van der Waals surface area contributed by atoms with Gasteiger partial charge in [-0.25, -0.2) is 8.42 Å². The van der Waals surface area contributed by atoms with Crippen molar-refractivity contribution in [2.75, 3.05) is 23.0 Å². The first-order valence-corrected chi connectivity index (χ1v) is 8.67. The number of sulfone groups is 1. The molecule has 0 bridgehead atoms. The summed E-state index contributed by atoms with van der Waals surface area (Å²) in [6, 6.07) is 1.06. The van der Waals surface area contributed by atoms with Crippen LogP contribution in [0.25, 0.3) is 0 Å². The van der Waals surface area contributed by atoms with Crippen LogP contribution in [0.4, 0.5) is 0 Å². The lowest BCUT2D eigenvalue weighted by Crippen LogP contribution is -2.45. The molecule has 2 aliphatic heterocycles. The fraction of sp³-hybridized carbons (Fsp3) is 1.00. The summed E-state index contributed by atoms with van der Waals surface area (Å²) in [5.74, 6) is 3.25. The molecule has 0 spiro atoms. The Balaban J connectivity index is 1.76. The van der Waals surface area contributed by atoms with Crippen molar-refractivity contribution < 1.29 is 8.42 Å². The summed E-state index contributed by atoms with van der Waals surface area (Å²) in [6.07, 6.45) is 4.18. The van der Waals surface area contributed by atoms with E-state index in [9.17, 15) is 8.42 Å². The fourth-order valence-corrected chi connectivity index (χ4v) is 4.84. The fourth-order valence-electron chi connectivity index (χ4n) is 2.26. The molecular formula is C10H19NO2S2. The number of rotatable bonds is 2. The minimum absolute atomic E-state index is 0.379. The van der Waals surface area contributed by atoms with Crippen molar-refractivity contribution >= 4 is 21.6 Å². The highest BCUT2D eigenvalue weighted by molar-refractivity contribution is 7.99. The lowest BCUT2D eigenvalue weighted by molar-refractivity contribution is 0.398. The van der Waals surface area contributed by atoms with Crippen molar-refractivity contribution in [2.24, 2.45) is 0 Å². The van der Waals surface area contributed by atoms with Gasteiger partial charge in [0.05, 0.1) is 11.5 Å². The van der Waals surface area contributed by atoms with Gasteiger partial charge in [-0.15, -0.1) is 0 Å². The molecule has 2 fully saturated rings. The normalized spacial score (nSPS) is 32.7. The van der Waals surface area contributed by atoms with Crippen LogP contribution in [-0.2, 0) is 9.84 Å². The lowest BCUT2D eigenvalue weighted by Gasteiger charge is -2.30. The van der Waals surface area contributed by atoms with Crippen molar-refractivity contribution in [2.45, 2.75) is 37.8 Å². The number of nitrogens with one attached hydrogen (secondary N) is 1. The predicted molar refractivity (Wildman–Crippen MR) is 65.2 cm³/mol. The zero-order chi connectivity index (χ0) is 10.7. The van der Waals surface area contributed by atoms with Gasteiger partial charge >= 0.3 is 0 Å². The van der Waals surface area contributed by atoms with E-state index >= 15 is 0 Å². The molecule has 1 unspecified atom stereocenters. The maximum Gasteiger partial charge on any atom is 0.150 e. The molecule has 88 valence electrons. The van der Waals surface area contributed by atoms with E-state index < -0.39 is 9.84 Å². The maximum atomic E-state index is 11.3. The molecule has 0 aromatic carbocycles. The average Bonchev–Trinajstić information content (AvgIpc) is 2.23. The van der Waals surface area contributed by atoms with Crippen LogP contribution in [0.2, 0.25) is 0 Å². The second-order valence-electron chi connectivity index (χ2n) is 4.51. The van der Waals surface area contributed by atoms with Gasteiger partial charge in [0.1, 0.15) is 9.84 Å². The van der Waals surface area contributed by atoms with E-state index in [4.69, 9.17) is 0 Å². The molecule has 2 saturated heterocycles. The van der Waals surface area contributed by atoms with Gasteiger partial charge in [-0.3, -0.25) is 0 Å². The van der Waals surface area contributed by atoms with Gasteiger partial charge in [-0.2, -0.15) is 11.8 Å². The van der Waals surface area contributed by atoms with Crippen LogP contribution in [0.5, 0.6) is 0 Å². The molecule has 15 heavy (non-hydrogen) atoms. The first kappa shape index (κ1) is 11.7. The van der Waals surface area contributed by atoms with Crippen molar-refractivity contribution in [1.29, 1.82) is 0 Å². The second-order valence-corrected chi connectivity index (χ2v) is 7.96. The van der Waals surface area contributed by atoms with E-state index in [0.29, 0.717) is 23.6 Å². The Morgan fingerprint density at radius 2 is 1.80 bits per heavy atom. The highest BCUT2D eigenvalue weighted by Crippen LogP contribution is 2.20. The van der Waals surface area contributed by atoms with Gasteiger partial charge in [-0.05, 0) is 31.4 Å². The molecule has 0 amide bonds. The molecular weight excluding hydrogens is 230 g/mol. The van der Waals surface area contributed by atoms with Gasteiger partial charge in [0.15, 0.2) is 0 Å². The van der Waals surface area contributed by atoms with Crippen molar-refractivity contribution in [3.63, 3.8) is 0 Å². The Bertz CT molecular complexity index is 283. The summed E-state index contributed by atoms with van der Waals surface area (Å²) in [5, 5.41) is 3.61. The van der Waals surface area contributed by atoms with Gasteiger partial charge in [0, 0.05) is 17.8 Å². The van der Waals surface area contributed by atoms with Gasteiger partial charge in [0.25, 0.3) is 0 Å². The quantitative estimate of drug-likeness (QED) is 0.794. The summed E-state index contributed by atoms with van der Waals surface area (Å²) in [7, 11) is -2.70. The molecule has 5 heteroatoms. The van der Waals surface area contributed by atoms with Crippen LogP contribution < -0.4 is 5.32 Å². The SMILES string of the molecule is O=S1(=O)CCC(NC2CCCSC2)CC1. The standard InChI is InChI=1S/C10H19NO2S2/c12-15(13)6-3-9(4-7-15)11-10-2-1-5-14-8-10/h9-11H,1-8H2. The highest BCUT2D eigenvalue weighted by atomic mass is 32.2. The summed E-state index contributed by atoms with van der Waals surface area (Å²) in [6.45, 7) is 0. The van der Waals surface area contributed by atoms with Gasteiger partial charge in [-0.1, -0.05) is 0 Å². The van der Waals surface area contributed by atoms with E-state index in [1.165, 1.54) is 24.3 Å². The van der Waals surface area contributed by atoms with Crippen LogP contribution >= 0.6 is 11.8 Å². The average molecular weight is 249 g/mol. The maximum absolute atomic E-state index is 11.3. The first-order chi connectivity index (χ1) is 7.16. The van der Waals surface area contributed by atoms with Crippen LogP contribution in [-0.4, -0.2) is 43.5 Å². The van der Waals surface area contributed by atoms with Gasteiger partial charge in [0.2, 0.25) is 0 Å². The monoisotopic (exact) mass is 249 g/mol. The van der Waals surface area contributed by atoms with E-state index in [1.54, 1.807) is 0 Å². The predicted octanol–water partition coefficient (Wildman–Crippen LogP) is 1.05. The Hall–Kier alpha value is 0.260. The van der Waals surface area contributed by atoms with Crippen molar-refractivity contribution in [3.8, 4) is 0 Å². The highest BCUT2D eigenvalue weighted by Gasteiger charge is 2.25. The molecule has 2 rings (SSSR count). The zero-order valence-corrected chi connectivity index (χ0v) is 10.6. The lowest BCUT2D eigenvalue weighted by atomic mass is 10.1. The summed E-state index contributed by atoms with van der Waals surface area (Å²) in [4.78, 5) is 0. The van der Waals surface area contributed by atoms with Crippen molar-refractivity contribution in [3.05, 3.63) is 0 Å². The number of hydrogen-bond acceptors (Lipinski definition) is 4. The first-order valence-electron chi connectivity index (χ1n) is 5.70. The molecule has 0 aliphatic carbocycles. The van der Waals surface area contributed by atoms with Crippen molar-refractivity contribution in [1.82, 2.24) is 5.32 Å². The van der Waals surface area contributed by atoms with E-state index in [0.717, 1.165) is 12.8 Å². The van der Waals surface area contributed by atoms with Gasteiger partial charge < -0.3 is 5.32 Å². The largest absolute Gasteiger partial charge is 0.310 e. The van der Waals surface area contributed by atoms with Crippen LogP contribution in [0.15, 0.2) is 0 Å². The Morgan fingerprint density at radius 1 is 1.07 bits per heavy atom. The molecule has 0 radical (unpaired) electrons. The third kappa shape index (κ3) is 3.64. The van der Waals surface area contributed by atoms with Crippen LogP contribution in [0.1, 0.15) is 25.7 Å². The smallest absolute Gasteiger partial charge is 0.150 e. The zero-order valence-electron chi connectivity index (χ0n) is 8.94. The molecule has 0 saturated carbocycles. The Labute approximate surface area is 96.3 Å². The number of hydrogen-bond donors (Lipinski definition) is 1. The Kier molecular flexibility index (Phi) is 3.96. The third-order valence-corrected chi connectivity index (χ3v) is 6.12. The Morgan fingerprint density at radius 3 is 2.40 bits per heavy atom. The molecule has 1 N–H and O–H groups in total. The minimum Gasteiger partial charge on any atom is -0.310 e. The molecule has 3 nitrogen and oxygen atoms in total. The molecule has 0 aromatic heterocycles. The molecule has 2 aliphatic rings. The molecule has 0 aromatic rings.